The first-order valence-corrected chi connectivity index (χ1v) is 3.89. The van der Waals surface area contributed by atoms with Crippen molar-refractivity contribution >= 4 is 6.29 Å². The van der Waals surface area contributed by atoms with Gasteiger partial charge in [0, 0.05) is 12.0 Å². The van der Waals surface area contributed by atoms with Gasteiger partial charge < -0.3 is 9.69 Å². The number of carbonyl (C=O) groups is 1. The van der Waals surface area contributed by atoms with Crippen LogP contribution in [0.25, 0.3) is 0 Å². The number of likely N-dealkylation sites (tertiary alicyclic amines) is 1. The molecule has 0 amide bonds. The molecule has 0 aromatic heterocycles. The number of piperidine rings is 1. The third-order valence-corrected chi connectivity index (χ3v) is 2.44. The first kappa shape index (κ1) is 7.73. The Balaban J connectivity index is 2.40. The fraction of sp³-hybridized carbons (Fsp3) is 0.875. The molecular weight excluding hydrogens is 126 g/mol. The molecule has 0 saturated carbocycles. The van der Waals surface area contributed by atoms with Gasteiger partial charge in [-0.2, -0.15) is 0 Å². The van der Waals surface area contributed by atoms with Gasteiger partial charge in [-0.25, -0.2) is 0 Å². The van der Waals surface area contributed by atoms with Crippen molar-refractivity contribution in [2.75, 3.05) is 13.6 Å². The number of rotatable bonds is 1. The second-order valence-corrected chi connectivity index (χ2v) is 3.25. The molecule has 0 aliphatic carbocycles. The van der Waals surface area contributed by atoms with E-state index in [-0.39, 0.29) is 0 Å². The van der Waals surface area contributed by atoms with Gasteiger partial charge in [-0.05, 0) is 33.4 Å². The zero-order valence-corrected chi connectivity index (χ0v) is 6.71. The van der Waals surface area contributed by atoms with Gasteiger partial charge in [0.25, 0.3) is 0 Å². The fourth-order valence-corrected chi connectivity index (χ4v) is 1.45. The number of nitrogens with zero attached hydrogens (tertiary/aromatic N) is 1. The predicted molar refractivity (Wildman–Crippen MR) is 40.9 cm³/mol. The second-order valence-electron chi connectivity index (χ2n) is 3.25. The zero-order chi connectivity index (χ0) is 7.56. The van der Waals surface area contributed by atoms with Crippen LogP contribution in [0.4, 0.5) is 0 Å². The Morgan fingerprint density at radius 1 is 1.60 bits per heavy atom. The SMILES string of the molecule is C[C@@H]1C[C@@H](C=O)CCN1C. The number of carbonyl (C=O) groups excluding carboxylic acids is 1. The third-order valence-electron chi connectivity index (χ3n) is 2.44. The Hall–Kier alpha value is -0.370. The van der Waals surface area contributed by atoms with Crippen molar-refractivity contribution in [3.05, 3.63) is 0 Å². The smallest absolute Gasteiger partial charge is 0.123 e. The molecule has 2 nitrogen and oxygen atoms in total. The standard InChI is InChI=1S/C8H15NO/c1-7-5-8(6-10)3-4-9(7)2/h6-8H,3-5H2,1-2H3/t7-,8+/m1/s1. The van der Waals surface area contributed by atoms with E-state index >= 15 is 0 Å². The van der Waals surface area contributed by atoms with Crippen LogP contribution in [0.15, 0.2) is 0 Å². The summed E-state index contributed by atoms with van der Waals surface area (Å²) in [4.78, 5) is 12.7. The Kier molecular flexibility index (Phi) is 2.44. The molecule has 1 heterocycles. The quantitative estimate of drug-likeness (QED) is 0.506. The highest BCUT2D eigenvalue weighted by atomic mass is 16.1. The second kappa shape index (κ2) is 3.15. The van der Waals surface area contributed by atoms with Crippen molar-refractivity contribution in [1.29, 1.82) is 0 Å². The zero-order valence-electron chi connectivity index (χ0n) is 6.71. The van der Waals surface area contributed by atoms with E-state index in [1.165, 1.54) is 0 Å². The molecule has 0 aromatic rings. The number of hydrogen-bond acceptors (Lipinski definition) is 2. The molecule has 0 radical (unpaired) electrons. The van der Waals surface area contributed by atoms with Gasteiger partial charge >= 0.3 is 0 Å². The van der Waals surface area contributed by atoms with Crippen molar-refractivity contribution in [2.24, 2.45) is 5.92 Å². The first-order chi connectivity index (χ1) is 4.74. The minimum absolute atomic E-state index is 0.325. The van der Waals surface area contributed by atoms with Crippen LogP contribution in [0, 0.1) is 5.92 Å². The van der Waals surface area contributed by atoms with Crippen LogP contribution in [-0.4, -0.2) is 30.8 Å². The molecule has 0 aromatic carbocycles. The van der Waals surface area contributed by atoms with Crippen LogP contribution >= 0.6 is 0 Å². The lowest BCUT2D eigenvalue weighted by atomic mass is 9.93. The lowest BCUT2D eigenvalue weighted by Crippen LogP contribution is -2.38. The highest BCUT2D eigenvalue weighted by Gasteiger charge is 2.21. The summed E-state index contributed by atoms with van der Waals surface area (Å²) in [7, 11) is 2.12. The maximum absolute atomic E-state index is 10.4. The van der Waals surface area contributed by atoms with Crippen molar-refractivity contribution in [1.82, 2.24) is 4.90 Å². The molecule has 1 fully saturated rings. The van der Waals surface area contributed by atoms with Gasteiger partial charge in [0.05, 0.1) is 0 Å². The largest absolute Gasteiger partial charge is 0.304 e. The lowest BCUT2D eigenvalue weighted by Gasteiger charge is -2.32. The normalized spacial score (nSPS) is 35.8. The molecule has 1 saturated heterocycles. The van der Waals surface area contributed by atoms with E-state index in [2.05, 4.69) is 18.9 Å². The van der Waals surface area contributed by atoms with Crippen molar-refractivity contribution in [3.8, 4) is 0 Å². The molecule has 1 aliphatic heterocycles. The molecular formula is C8H15NO. The Morgan fingerprint density at radius 2 is 2.30 bits per heavy atom. The van der Waals surface area contributed by atoms with Gasteiger partial charge in [0.15, 0.2) is 0 Å². The topological polar surface area (TPSA) is 20.3 Å². The molecule has 1 rings (SSSR count). The van der Waals surface area contributed by atoms with Gasteiger partial charge in [0.2, 0.25) is 0 Å². The highest BCUT2D eigenvalue weighted by molar-refractivity contribution is 5.53. The van der Waals surface area contributed by atoms with Crippen molar-refractivity contribution in [3.63, 3.8) is 0 Å². The van der Waals surface area contributed by atoms with E-state index in [9.17, 15) is 4.79 Å². The summed E-state index contributed by atoms with van der Waals surface area (Å²) in [5.41, 5.74) is 0. The number of hydrogen-bond donors (Lipinski definition) is 0. The maximum atomic E-state index is 10.4. The lowest BCUT2D eigenvalue weighted by molar-refractivity contribution is -0.112. The van der Waals surface area contributed by atoms with E-state index in [0.29, 0.717) is 12.0 Å². The predicted octanol–water partition coefficient (Wildman–Crippen LogP) is 0.916. The molecule has 0 spiro atoms. The Labute approximate surface area is 62.2 Å². The number of aldehydes is 1. The molecule has 10 heavy (non-hydrogen) atoms. The fourth-order valence-electron chi connectivity index (χ4n) is 1.45. The first-order valence-electron chi connectivity index (χ1n) is 3.89. The summed E-state index contributed by atoms with van der Waals surface area (Å²) in [6, 6.07) is 0.587. The average molecular weight is 141 g/mol. The minimum Gasteiger partial charge on any atom is -0.304 e. The summed E-state index contributed by atoms with van der Waals surface area (Å²) in [5, 5.41) is 0. The van der Waals surface area contributed by atoms with Gasteiger partial charge in [-0.15, -0.1) is 0 Å². The molecule has 58 valence electrons. The Morgan fingerprint density at radius 3 is 2.80 bits per heavy atom. The summed E-state index contributed by atoms with van der Waals surface area (Å²) in [5.74, 6) is 0.325. The summed E-state index contributed by atoms with van der Waals surface area (Å²) in [6.07, 6.45) is 3.19. The monoisotopic (exact) mass is 141 g/mol. The van der Waals surface area contributed by atoms with Gasteiger partial charge in [0.1, 0.15) is 6.29 Å². The average Bonchev–Trinajstić information content (AvgIpc) is 1.95. The van der Waals surface area contributed by atoms with E-state index in [4.69, 9.17) is 0 Å². The van der Waals surface area contributed by atoms with Crippen LogP contribution in [0.2, 0.25) is 0 Å². The van der Waals surface area contributed by atoms with E-state index in [0.717, 1.165) is 25.7 Å². The van der Waals surface area contributed by atoms with Crippen molar-refractivity contribution < 1.29 is 4.79 Å². The highest BCUT2D eigenvalue weighted by Crippen LogP contribution is 2.18. The van der Waals surface area contributed by atoms with Crippen LogP contribution in [0.1, 0.15) is 19.8 Å². The van der Waals surface area contributed by atoms with Crippen LogP contribution < -0.4 is 0 Å². The third kappa shape index (κ3) is 1.57. The maximum Gasteiger partial charge on any atom is 0.123 e. The van der Waals surface area contributed by atoms with Crippen LogP contribution in [0.3, 0.4) is 0 Å². The van der Waals surface area contributed by atoms with Gasteiger partial charge in [-0.1, -0.05) is 0 Å². The van der Waals surface area contributed by atoms with Crippen LogP contribution in [0.5, 0.6) is 0 Å². The summed E-state index contributed by atoms with van der Waals surface area (Å²) >= 11 is 0. The van der Waals surface area contributed by atoms with E-state index in [1.807, 2.05) is 0 Å². The van der Waals surface area contributed by atoms with E-state index < -0.39 is 0 Å². The summed E-state index contributed by atoms with van der Waals surface area (Å²) in [6.45, 7) is 3.25. The molecule has 0 unspecified atom stereocenters. The molecule has 2 heteroatoms. The minimum atomic E-state index is 0.325. The molecule has 0 bridgehead atoms. The van der Waals surface area contributed by atoms with Crippen molar-refractivity contribution in [2.45, 2.75) is 25.8 Å². The van der Waals surface area contributed by atoms with E-state index in [1.54, 1.807) is 0 Å². The summed E-state index contributed by atoms with van der Waals surface area (Å²) < 4.78 is 0. The molecule has 2 atom stereocenters. The molecule has 0 N–H and O–H groups in total. The van der Waals surface area contributed by atoms with Gasteiger partial charge in [-0.3, -0.25) is 0 Å². The van der Waals surface area contributed by atoms with Crippen LogP contribution in [-0.2, 0) is 4.79 Å². The molecule has 1 aliphatic rings. The Bertz CT molecular complexity index is 124.